The van der Waals surface area contributed by atoms with E-state index in [1.807, 2.05) is 30.3 Å². The number of fused-ring (bicyclic) bond motifs is 1. The van der Waals surface area contributed by atoms with E-state index in [1.165, 1.54) is 24.1 Å². The molecule has 0 spiro atoms. The number of halogens is 1. The summed E-state index contributed by atoms with van der Waals surface area (Å²) in [7, 11) is 1.59. The number of nitrogens with one attached hydrogen (secondary N) is 1. The molecule has 0 amide bonds. The third-order valence-corrected chi connectivity index (χ3v) is 6.45. The molecule has 1 N–H and O–H groups in total. The molecule has 5 heteroatoms. The fraction of sp³-hybridized carbons (Fsp3) is 0.280. The summed E-state index contributed by atoms with van der Waals surface area (Å²) in [6.07, 6.45) is 8.54. The van der Waals surface area contributed by atoms with Crippen molar-refractivity contribution in [3.8, 4) is 0 Å². The molecule has 152 valence electrons. The Bertz CT molecular complexity index is 1100. The van der Waals surface area contributed by atoms with E-state index < -0.39 is 0 Å². The van der Waals surface area contributed by atoms with Crippen LogP contribution in [-0.2, 0) is 16.7 Å². The number of oxime groups is 1. The Kier molecular flexibility index (Phi) is 4.74. The van der Waals surface area contributed by atoms with Gasteiger partial charge >= 0.3 is 0 Å². The molecular formula is C25H24FN3O. The van der Waals surface area contributed by atoms with Gasteiger partial charge < -0.3 is 4.84 Å². The Labute approximate surface area is 175 Å². The van der Waals surface area contributed by atoms with Gasteiger partial charge in [-0.25, -0.2) is 4.39 Å². The van der Waals surface area contributed by atoms with Crippen LogP contribution in [0.4, 0.5) is 4.39 Å². The maximum absolute atomic E-state index is 13.6. The molecule has 2 aliphatic carbocycles. The predicted octanol–water partition coefficient (Wildman–Crippen LogP) is 5.26. The van der Waals surface area contributed by atoms with Gasteiger partial charge in [-0.15, -0.1) is 0 Å². The number of nitrogens with zero attached hydrogens (tertiary/aromatic N) is 2. The Hall–Kier alpha value is -3.21. The molecule has 1 unspecified atom stereocenters. The summed E-state index contributed by atoms with van der Waals surface area (Å²) in [6.45, 7) is 0. The molecule has 0 bridgehead atoms. The van der Waals surface area contributed by atoms with Crippen molar-refractivity contribution in [3.63, 3.8) is 0 Å². The van der Waals surface area contributed by atoms with Crippen molar-refractivity contribution in [2.45, 2.75) is 31.1 Å². The zero-order valence-electron chi connectivity index (χ0n) is 16.9. The van der Waals surface area contributed by atoms with E-state index in [1.54, 1.807) is 7.11 Å². The molecular weight excluding hydrogens is 377 g/mol. The zero-order chi connectivity index (χ0) is 20.6. The molecule has 1 heterocycles. The summed E-state index contributed by atoms with van der Waals surface area (Å²) >= 11 is 0. The second-order valence-electron chi connectivity index (χ2n) is 8.11. The van der Waals surface area contributed by atoms with E-state index in [-0.39, 0.29) is 11.2 Å². The summed E-state index contributed by atoms with van der Waals surface area (Å²) in [5, 5.41) is 12.2. The van der Waals surface area contributed by atoms with E-state index >= 15 is 0 Å². The number of rotatable bonds is 5. The molecule has 2 aliphatic rings. The van der Waals surface area contributed by atoms with Crippen LogP contribution in [0.5, 0.6) is 0 Å². The summed E-state index contributed by atoms with van der Waals surface area (Å²) < 4.78 is 13.6. The Balaban J connectivity index is 1.60. The average molecular weight is 401 g/mol. The smallest absolute Gasteiger partial charge is 0.123 e. The van der Waals surface area contributed by atoms with Gasteiger partial charge in [0.2, 0.25) is 0 Å². The molecule has 5 rings (SSSR count). The van der Waals surface area contributed by atoms with Crippen LogP contribution in [0.25, 0.3) is 6.08 Å². The topological polar surface area (TPSA) is 50.3 Å². The fourth-order valence-corrected chi connectivity index (χ4v) is 4.60. The van der Waals surface area contributed by atoms with Gasteiger partial charge in [0.15, 0.2) is 0 Å². The van der Waals surface area contributed by atoms with Gasteiger partial charge in [0, 0.05) is 29.0 Å². The van der Waals surface area contributed by atoms with Crippen molar-refractivity contribution in [1.29, 1.82) is 0 Å². The molecule has 4 nitrogen and oxygen atoms in total. The van der Waals surface area contributed by atoms with Gasteiger partial charge in [-0.1, -0.05) is 66.2 Å². The molecule has 3 aromatic rings. The minimum absolute atomic E-state index is 0.229. The first-order valence-electron chi connectivity index (χ1n) is 10.4. The minimum Gasteiger partial charge on any atom is -0.399 e. The number of hydrogen-bond acceptors (Lipinski definition) is 3. The van der Waals surface area contributed by atoms with Gasteiger partial charge in [0.25, 0.3) is 0 Å². The second-order valence-corrected chi connectivity index (χ2v) is 8.11. The maximum atomic E-state index is 13.6. The quantitative estimate of drug-likeness (QED) is 0.469. The number of aromatic amines is 1. The van der Waals surface area contributed by atoms with E-state index in [9.17, 15) is 4.39 Å². The number of H-pyrrole nitrogens is 1. The van der Waals surface area contributed by atoms with Crippen molar-refractivity contribution < 1.29 is 9.23 Å². The molecule has 0 aliphatic heterocycles. The molecule has 0 saturated heterocycles. The zero-order valence-corrected chi connectivity index (χ0v) is 16.9. The van der Waals surface area contributed by atoms with Gasteiger partial charge in [0.05, 0.1) is 0 Å². The van der Waals surface area contributed by atoms with Crippen LogP contribution in [0.2, 0.25) is 0 Å². The van der Waals surface area contributed by atoms with Crippen LogP contribution in [0.3, 0.4) is 0 Å². The number of benzene rings is 2. The van der Waals surface area contributed by atoms with E-state index in [0.29, 0.717) is 12.3 Å². The lowest BCUT2D eigenvalue weighted by Gasteiger charge is -2.34. The second kappa shape index (κ2) is 7.56. The average Bonchev–Trinajstić information content (AvgIpc) is 3.16. The van der Waals surface area contributed by atoms with Crippen LogP contribution in [0, 0.1) is 11.7 Å². The van der Waals surface area contributed by atoms with E-state index in [2.05, 4.69) is 39.6 Å². The highest BCUT2D eigenvalue weighted by Crippen LogP contribution is 2.42. The third kappa shape index (κ3) is 3.05. The van der Waals surface area contributed by atoms with Gasteiger partial charge in [-0.3, -0.25) is 5.10 Å². The molecule has 0 radical (unpaired) electrons. The number of allylic oxidation sites excluding steroid dienone is 1. The predicted molar refractivity (Wildman–Crippen MR) is 116 cm³/mol. The van der Waals surface area contributed by atoms with Crippen molar-refractivity contribution in [1.82, 2.24) is 10.2 Å². The summed E-state index contributed by atoms with van der Waals surface area (Å²) in [4.78, 5) is 5.14. The molecule has 2 aromatic carbocycles. The Morgan fingerprint density at radius 1 is 1.10 bits per heavy atom. The normalized spacial score (nSPS) is 21.2. The number of aromatic nitrogens is 2. The first-order valence-corrected chi connectivity index (χ1v) is 10.4. The highest BCUT2D eigenvalue weighted by atomic mass is 19.1. The van der Waals surface area contributed by atoms with Crippen LogP contribution in [0.1, 0.15) is 47.3 Å². The minimum atomic E-state index is -0.388. The number of hydrogen-bond donors (Lipinski definition) is 1. The maximum Gasteiger partial charge on any atom is 0.123 e. The van der Waals surface area contributed by atoms with Crippen molar-refractivity contribution in [3.05, 3.63) is 94.6 Å². The van der Waals surface area contributed by atoms with Crippen LogP contribution >= 0.6 is 0 Å². The lowest BCUT2D eigenvalue weighted by atomic mass is 9.68. The lowest BCUT2D eigenvalue weighted by Crippen LogP contribution is -2.31. The van der Waals surface area contributed by atoms with E-state index in [0.717, 1.165) is 41.1 Å². The molecule has 30 heavy (non-hydrogen) atoms. The van der Waals surface area contributed by atoms with Crippen LogP contribution in [-0.4, -0.2) is 23.0 Å². The summed E-state index contributed by atoms with van der Waals surface area (Å²) in [6, 6.07) is 17.2. The molecule has 1 aromatic heterocycles. The highest BCUT2D eigenvalue weighted by molar-refractivity contribution is 6.04. The van der Waals surface area contributed by atoms with Crippen molar-refractivity contribution in [2.24, 2.45) is 11.1 Å². The first kappa shape index (κ1) is 18.8. The Morgan fingerprint density at radius 3 is 2.50 bits per heavy atom. The SMILES string of the molecule is CON=C(c1n[nH]c2c1C=CC(c1ccccc1)(c1ccc(F)cc1)C2)C1CCC1. The van der Waals surface area contributed by atoms with Crippen LogP contribution < -0.4 is 0 Å². The lowest BCUT2D eigenvalue weighted by molar-refractivity contribution is 0.208. The highest BCUT2D eigenvalue weighted by Gasteiger charge is 2.38. The van der Waals surface area contributed by atoms with Gasteiger partial charge in [0.1, 0.15) is 24.3 Å². The van der Waals surface area contributed by atoms with Crippen molar-refractivity contribution >= 4 is 11.8 Å². The molecule has 1 fully saturated rings. The largest absolute Gasteiger partial charge is 0.399 e. The van der Waals surface area contributed by atoms with E-state index in [4.69, 9.17) is 4.84 Å². The molecule has 1 atom stereocenters. The molecule has 1 saturated carbocycles. The van der Waals surface area contributed by atoms with Gasteiger partial charge in [-0.05, 0) is 36.1 Å². The van der Waals surface area contributed by atoms with Gasteiger partial charge in [-0.2, -0.15) is 5.10 Å². The Morgan fingerprint density at radius 2 is 1.83 bits per heavy atom. The fourth-order valence-electron chi connectivity index (χ4n) is 4.60. The van der Waals surface area contributed by atoms with Crippen molar-refractivity contribution in [2.75, 3.05) is 7.11 Å². The summed E-state index contributed by atoms with van der Waals surface area (Å²) in [5.41, 5.74) is 5.78. The standard InChI is InChI=1S/C25H24FN3O/c1-30-29-23(17-6-5-7-17)24-21-14-15-25(16-22(21)27-28-24,18-8-3-2-4-9-18)19-10-12-20(26)13-11-19/h2-4,8-15,17H,5-7,16H2,1H3,(H,27,28). The monoisotopic (exact) mass is 401 g/mol. The third-order valence-electron chi connectivity index (χ3n) is 6.45. The first-order chi connectivity index (χ1) is 14.7. The summed E-state index contributed by atoms with van der Waals surface area (Å²) in [5.74, 6) is 0.177. The van der Waals surface area contributed by atoms with Crippen LogP contribution in [0.15, 0.2) is 65.8 Å².